The molecule has 0 atom stereocenters. The molecule has 1 fully saturated rings. The lowest BCUT2D eigenvalue weighted by molar-refractivity contribution is 0.747. The Morgan fingerprint density at radius 2 is 2.33 bits per heavy atom. The maximum atomic E-state index is 5.93. The fourth-order valence-electron chi connectivity index (χ4n) is 1.88. The van der Waals surface area contributed by atoms with Crippen molar-refractivity contribution in [3.8, 4) is 0 Å². The van der Waals surface area contributed by atoms with Gasteiger partial charge < -0.3 is 4.90 Å². The molecular weight excluding hydrogens is 208 g/mol. The van der Waals surface area contributed by atoms with E-state index in [4.69, 9.17) is 11.6 Å². The quantitative estimate of drug-likeness (QED) is 0.715. The van der Waals surface area contributed by atoms with Gasteiger partial charge in [0, 0.05) is 24.3 Å². The minimum absolute atomic E-state index is 0.552. The number of pyridine rings is 1. The summed E-state index contributed by atoms with van der Waals surface area (Å²) in [6.45, 7) is 3.30. The van der Waals surface area contributed by atoms with Crippen molar-refractivity contribution in [2.24, 2.45) is 0 Å². The number of rotatable bonds is 5. The van der Waals surface area contributed by atoms with Crippen LogP contribution < -0.4 is 4.90 Å². The summed E-state index contributed by atoms with van der Waals surface area (Å²) >= 11 is 5.93. The summed E-state index contributed by atoms with van der Waals surface area (Å²) < 4.78 is 0. The van der Waals surface area contributed by atoms with Crippen LogP contribution in [0.2, 0.25) is 0 Å². The molecule has 1 aromatic rings. The van der Waals surface area contributed by atoms with Crippen molar-refractivity contribution in [2.45, 2.75) is 38.1 Å². The third-order valence-corrected chi connectivity index (χ3v) is 3.02. The summed E-state index contributed by atoms with van der Waals surface area (Å²) in [7, 11) is 0. The van der Waals surface area contributed by atoms with Crippen LogP contribution >= 0.6 is 11.6 Å². The summed E-state index contributed by atoms with van der Waals surface area (Å²) in [5.74, 6) is 1.65. The van der Waals surface area contributed by atoms with Crippen LogP contribution in [-0.4, -0.2) is 17.6 Å². The highest BCUT2D eigenvalue weighted by Gasteiger charge is 2.30. The number of nitrogens with zero attached hydrogens (tertiary/aromatic N) is 2. The van der Waals surface area contributed by atoms with Gasteiger partial charge in [-0.2, -0.15) is 0 Å². The first-order chi connectivity index (χ1) is 7.36. The Hall–Kier alpha value is -0.760. The first-order valence-corrected chi connectivity index (χ1v) is 6.16. The predicted molar refractivity (Wildman–Crippen MR) is 64.5 cm³/mol. The van der Waals surface area contributed by atoms with E-state index >= 15 is 0 Å². The average molecular weight is 225 g/mol. The smallest absolute Gasteiger partial charge is 0.133 e. The maximum Gasteiger partial charge on any atom is 0.133 e. The third kappa shape index (κ3) is 2.43. The van der Waals surface area contributed by atoms with Gasteiger partial charge in [-0.3, -0.25) is 0 Å². The van der Waals surface area contributed by atoms with E-state index in [1.165, 1.54) is 12.8 Å². The van der Waals surface area contributed by atoms with E-state index in [-0.39, 0.29) is 0 Å². The van der Waals surface area contributed by atoms with Crippen molar-refractivity contribution in [3.63, 3.8) is 0 Å². The topological polar surface area (TPSA) is 16.1 Å². The van der Waals surface area contributed by atoms with E-state index in [1.54, 1.807) is 0 Å². The van der Waals surface area contributed by atoms with E-state index in [2.05, 4.69) is 22.9 Å². The lowest BCUT2D eigenvalue weighted by atomic mass is 10.2. The molecule has 1 heterocycles. The predicted octanol–water partition coefficient (Wildman–Crippen LogP) is 3.20. The van der Waals surface area contributed by atoms with Gasteiger partial charge in [-0.1, -0.05) is 13.0 Å². The minimum Gasteiger partial charge on any atom is -0.353 e. The molecule has 2 nitrogen and oxygen atoms in total. The molecule has 1 aliphatic carbocycles. The van der Waals surface area contributed by atoms with E-state index < -0.39 is 0 Å². The lowest BCUT2D eigenvalue weighted by Crippen LogP contribution is -2.28. The zero-order valence-corrected chi connectivity index (χ0v) is 9.87. The van der Waals surface area contributed by atoms with Gasteiger partial charge >= 0.3 is 0 Å². The molecule has 15 heavy (non-hydrogen) atoms. The van der Waals surface area contributed by atoms with Gasteiger partial charge in [-0.25, -0.2) is 4.98 Å². The van der Waals surface area contributed by atoms with E-state index in [0.29, 0.717) is 11.9 Å². The number of halogens is 1. The first kappa shape index (κ1) is 10.7. The van der Waals surface area contributed by atoms with Crippen LogP contribution in [0.1, 0.15) is 31.7 Å². The monoisotopic (exact) mass is 224 g/mol. The second-order valence-corrected chi connectivity index (χ2v) is 4.31. The van der Waals surface area contributed by atoms with E-state index in [1.807, 2.05) is 12.3 Å². The Bertz CT molecular complexity index is 323. The minimum atomic E-state index is 0.552. The molecule has 0 N–H and O–H groups in total. The number of hydrogen-bond acceptors (Lipinski definition) is 2. The molecular formula is C12H17ClN2. The molecule has 2 rings (SSSR count). The zero-order valence-electron chi connectivity index (χ0n) is 9.12. The average Bonchev–Trinajstić information content (AvgIpc) is 3.10. The second kappa shape index (κ2) is 4.84. The third-order valence-electron chi connectivity index (χ3n) is 2.74. The highest BCUT2D eigenvalue weighted by molar-refractivity contribution is 6.17. The Morgan fingerprint density at radius 1 is 1.53 bits per heavy atom. The highest BCUT2D eigenvalue weighted by atomic mass is 35.5. The van der Waals surface area contributed by atoms with Gasteiger partial charge in [-0.15, -0.1) is 11.6 Å². The molecule has 0 saturated heterocycles. The Kier molecular flexibility index (Phi) is 3.47. The van der Waals surface area contributed by atoms with Crippen LogP contribution in [0.4, 0.5) is 5.82 Å². The molecule has 1 aromatic heterocycles. The highest BCUT2D eigenvalue weighted by Crippen LogP contribution is 2.32. The first-order valence-electron chi connectivity index (χ1n) is 5.63. The molecule has 0 amide bonds. The van der Waals surface area contributed by atoms with Crippen LogP contribution in [0.15, 0.2) is 18.3 Å². The van der Waals surface area contributed by atoms with E-state index in [0.717, 1.165) is 24.3 Å². The van der Waals surface area contributed by atoms with Crippen molar-refractivity contribution in [1.29, 1.82) is 0 Å². The fourth-order valence-corrected chi connectivity index (χ4v) is 2.09. The molecule has 0 aromatic carbocycles. The summed E-state index contributed by atoms with van der Waals surface area (Å²) in [6, 6.07) is 4.74. The molecule has 3 heteroatoms. The Balaban J connectivity index is 2.23. The number of alkyl halides is 1. The van der Waals surface area contributed by atoms with Crippen molar-refractivity contribution < 1.29 is 0 Å². The van der Waals surface area contributed by atoms with Gasteiger partial charge in [0.25, 0.3) is 0 Å². The Labute approximate surface area is 96.3 Å². The normalized spacial score (nSPS) is 15.3. The fraction of sp³-hybridized carbons (Fsp3) is 0.583. The second-order valence-electron chi connectivity index (χ2n) is 4.04. The largest absolute Gasteiger partial charge is 0.353 e. The van der Waals surface area contributed by atoms with Gasteiger partial charge in [0.1, 0.15) is 5.82 Å². The zero-order chi connectivity index (χ0) is 10.7. The lowest BCUT2D eigenvalue weighted by Gasteiger charge is -2.24. The van der Waals surface area contributed by atoms with Crippen molar-refractivity contribution in [2.75, 3.05) is 11.4 Å². The molecule has 1 aliphatic rings. The number of anilines is 1. The standard InChI is InChI=1S/C12H17ClN2/c1-2-8-15(11-5-6-11)12-10(9-13)4-3-7-14-12/h3-4,7,11H,2,5-6,8-9H2,1H3. The van der Waals surface area contributed by atoms with Crippen LogP contribution in [0.3, 0.4) is 0 Å². The molecule has 0 radical (unpaired) electrons. The van der Waals surface area contributed by atoms with Gasteiger partial charge in [-0.05, 0) is 25.3 Å². The molecule has 1 saturated carbocycles. The molecule has 0 bridgehead atoms. The van der Waals surface area contributed by atoms with Gasteiger partial charge in [0.2, 0.25) is 0 Å². The molecule has 82 valence electrons. The van der Waals surface area contributed by atoms with E-state index in [9.17, 15) is 0 Å². The summed E-state index contributed by atoms with van der Waals surface area (Å²) in [5.41, 5.74) is 1.15. The number of hydrogen-bond donors (Lipinski definition) is 0. The summed E-state index contributed by atoms with van der Waals surface area (Å²) in [5, 5.41) is 0. The summed E-state index contributed by atoms with van der Waals surface area (Å²) in [6.07, 6.45) is 5.63. The van der Waals surface area contributed by atoms with Crippen molar-refractivity contribution in [1.82, 2.24) is 4.98 Å². The van der Waals surface area contributed by atoms with Crippen LogP contribution in [-0.2, 0) is 5.88 Å². The van der Waals surface area contributed by atoms with Crippen LogP contribution in [0.25, 0.3) is 0 Å². The SMILES string of the molecule is CCCN(c1ncccc1CCl)C1CC1. The maximum absolute atomic E-state index is 5.93. The van der Waals surface area contributed by atoms with Crippen LogP contribution in [0, 0.1) is 0 Å². The van der Waals surface area contributed by atoms with Crippen molar-refractivity contribution in [3.05, 3.63) is 23.9 Å². The van der Waals surface area contributed by atoms with Gasteiger partial charge in [0.15, 0.2) is 0 Å². The number of aromatic nitrogens is 1. The Morgan fingerprint density at radius 3 is 2.93 bits per heavy atom. The van der Waals surface area contributed by atoms with Crippen LogP contribution in [0.5, 0.6) is 0 Å². The summed E-state index contributed by atoms with van der Waals surface area (Å²) in [4.78, 5) is 6.89. The molecule has 0 unspecified atom stereocenters. The van der Waals surface area contributed by atoms with Gasteiger partial charge in [0.05, 0.1) is 5.88 Å². The molecule has 0 aliphatic heterocycles. The van der Waals surface area contributed by atoms with Crippen molar-refractivity contribution >= 4 is 17.4 Å². The molecule has 0 spiro atoms.